The van der Waals surface area contributed by atoms with Crippen LogP contribution < -0.4 is 5.73 Å². The Labute approximate surface area is 81.0 Å². The molecule has 0 saturated carbocycles. The van der Waals surface area contributed by atoms with Crippen molar-refractivity contribution in [3.8, 4) is 0 Å². The van der Waals surface area contributed by atoms with Crippen molar-refractivity contribution >= 4 is 5.97 Å². The highest BCUT2D eigenvalue weighted by atomic mass is 16.4. The summed E-state index contributed by atoms with van der Waals surface area (Å²) in [7, 11) is 0. The number of nitrogens with zero attached hydrogens (tertiary/aromatic N) is 2. The number of imidazole rings is 1. The Hall–Kier alpha value is -1.40. The molecule has 14 heavy (non-hydrogen) atoms. The zero-order valence-corrected chi connectivity index (χ0v) is 7.63. The molecule has 6 heteroatoms. The first kappa shape index (κ1) is 10.7. The first-order valence-corrected chi connectivity index (χ1v) is 4.23. The van der Waals surface area contributed by atoms with Gasteiger partial charge in [-0.25, -0.2) is 4.98 Å². The minimum atomic E-state index is -1.04. The molecule has 0 amide bonds. The topological polar surface area (TPSA) is 101 Å². The highest BCUT2D eigenvalue weighted by Gasteiger charge is 2.14. The molecule has 1 heterocycles. The predicted molar refractivity (Wildman–Crippen MR) is 48.6 cm³/mol. The van der Waals surface area contributed by atoms with E-state index in [1.807, 2.05) is 0 Å². The van der Waals surface area contributed by atoms with Crippen LogP contribution in [-0.2, 0) is 17.8 Å². The monoisotopic (exact) mass is 199 g/mol. The molecule has 0 radical (unpaired) electrons. The van der Waals surface area contributed by atoms with E-state index in [2.05, 4.69) is 4.98 Å². The average molecular weight is 199 g/mol. The molecule has 0 saturated heterocycles. The lowest BCUT2D eigenvalue weighted by molar-refractivity contribution is -0.138. The van der Waals surface area contributed by atoms with E-state index in [1.165, 1.54) is 0 Å². The summed E-state index contributed by atoms with van der Waals surface area (Å²) in [4.78, 5) is 14.3. The molecule has 0 spiro atoms. The fourth-order valence-corrected chi connectivity index (χ4v) is 1.14. The van der Waals surface area contributed by atoms with Crippen molar-refractivity contribution in [1.82, 2.24) is 9.55 Å². The molecule has 6 nitrogen and oxygen atoms in total. The van der Waals surface area contributed by atoms with Crippen LogP contribution in [0.25, 0.3) is 0 Å². The Kier molecular flexibility index (Phi) is 3.61. The molecular formula is C8H13N3O3. The Morgan fingerprint density at radius 1 is 1.71 bits per heavy atom. The van der Waals surface area contributed by atoms with Crippen LogP contribution in [-0.4, -0.2) is 38.4 Å². The van der Waals surface area contributed by atoms with E-state index in [-0.39, 0.29) is 13.0 Å². The molecule has 4 N–H and O–H groups in total. The highest BCUT2D eigenvalue weighted by Crippen LogP contribution is 2.02. The number of aliphatic carboxylic acids is 1. The third-order valence-corrected chi connectivity index (χ3v) is 1.89. The smallest absolute Gasteiger partial charge is 0.320 e. The van der Waals surface area contributed by atoms with E-state index in [0.717, 1.165) is 0 Å². The third-order valence-electron chi connectivity index (χ3n) is 1.89. The Morgan fingerprint density at radius 3 is 3.00 bits per heavy atom. The van der Waals surface area contributed by atoms with Crippen LogP contribution in [0.3, 0.4) is 0 Å². The number of carbonyl (C=O) groups is 1. The van der Waals surface area contributed by atoms with Gasteiger partial charge in [0.05, 0.1) is 12.9 Å². The van der Waals surface area contributed by atoms with Gasteiger partial charge >= 0.3 is 5.97 Å². The summed E-state index contributed by atoms with van der Waals surface area (Å²) in [6.07, 6.45) is 3.31. The molecule has 1 unspecified atom stereocenters. The molecule has 1 atom stereocenters. The maximum Gasteiger partial charge on any atom is 0.320 e. The van der Waals surface area contributed by atoms with Crippen LogP contribution in [0.1, 0.15) is 5.69 Å². The molecule has 0 aliphatic heterocycles. The van der Waals surface area contributed by atoms with Gasteiger partial charge in [-0.15, -0.1) is 0 Å². The lowest BCUT2D eigenvalue weighted by Crippen LogP contribution is -2.33. The van der Waals surface area contributed by atoms with Crippen molar-refractivity contribution in [1.29, 1.82) is 0 Å². The van der Waals surface area contributed by atoms with Gasteiger partial charge in [0.25, 0.3) is 0 Å². The third kappa shape index (κ3) is 2.54. The molecule has 0 fully saturated rings. The van der Waals surface area contributed by atoms with Gasteiger partial charge in [0.15, 0.2) is 0 Å². The first-order valence-electron chi connectivity index (χ1n) is 4.23. The van der Waals surface area contributed by atoms with Crippen molar-refractivity contribution in [3.63, 3.8) is 0 Å². The SMILES string of the molecule is NC(Cc1cncn1CCO)C(=O)O. The number of carboxylic acids is 1. The second-order valence-electron chi connectivity index (χ2n) is 2.95. The van der Waals surface area contributed by atoms with E-state index >= 15 is 0 Å². The largest absolute Gasteiger partial charge is 0.480 e. The number of nitrogens with two attached hydrogens (primary N) is 1. The van der Waals surface area contributed by atoms with E-state index < -0.39 is 12.0 Å². The Morgan fingerprint density at radius 2 is 2.43 bits per heavy atom. The minimum Gasteiger partial charge on any atom is -0.480 e. The number of aromatic nitrogens is 2. The number of hydrogen-bond acceptors (Lipinski definition) is 4. The van der Waals surface area contributed by atoms with E-state index in [4.69, 9.17) is 15.9 Å². The van der Waals surface area contributed by atoms with Gasteiger partial charge in [-0.05, 0) is 0 Å². The van der Waals surface area contributed by atoms with E-state index in [9.17, 15) is 4.79 Å². The summed E-state index contributed by atoms with van der Waals surface area (Å²) in [6.45, 7) is 0.396. The van der Waals surface area contributed by atoms with Gasteiger partial charge in [-0.1, -0.05) is 0 Å². The molecule has 0 bridgehead atoms. The molecule has 1 rings (SSSR count). The molecule has 1 aromatic rings. The average Bonchev–Trinajstić information content (AvgIpc) is 2.53. The number of carboxylic acid groups (broad SMARTS) is 1. The van der Waals surface area contributed by atoms with Gasteiger partial charge in [-0.2, -0.15) is 0 Å². The van der Waals surface area contributed by atoms with Gasteiger partial charge in [0, 0.05) is 24.9 Å². The van der Waals surface area contributed by atoms with Crippen molar-refractivity contribution in [3.05, 3.63) is 18.2 Å². The number of rotatable bonds is 5. The zero-order chi connectivity index (χ0) is 10.6. The molecule has 0 aromatic carbocycles. The standard InChI is InChI=1S/C8H13N3O3/c9-7(8(13)14)3-6-4-10-5-11(6)1-2-12/h4-5,7,12H,1-3,9H2,(H,13,14). The lowest BCUT2D eigenvalue weighted by atomic mass is 10.2. The van der Waals surface area contributed by atoms with Crippen LogP contribution >= 0.6 is 0 Å². The summed E-state index contributed by atoms with van der Waals surface area (Å²) < 4.78 is 1.68. The maximum atomic E-state index is 10.5. The number of hydrogen-bond donors (Lipinski definition) is 3. The normalized spacial score (nSPS) is 12.7. The van der Waals surface area contributed by atoms with Crippen molar-refractivity contribution in [2.45, 2.75) is 19.0 Å². The zero-order valence-electron chi connectivity index (χ0n) is 7.63. The van der Waals surface area contributed by atoms with Crippen LogP contribution in [0.15, 0.2) is 12.5 Å². The molecule has 78 valence electrons. The van der Waals surface area contributed by atoms with Gasteiger partial charge in [-0.3, -0.25) is 4.79 Å². The van der Waals surface area contributed by atoms with Gasteiger partial charge in [0.2, 0.25) is 0 Å². The van der Waals surface area contributed by atoms with E-state index in [0.29, 0.717) is 12.2 Å². The summed E-state index contributed by atoms with van der Waals surface area (Å²) in [6, 6.07) is -0.927. The number of aliphatic hydroxyl groups is 1. The fraction of sp³-hybridized carbons (Fsp3) is 0.500. The summed E-state index contributed by atoms with van der Waals surface area (Å²) in [5.74, 6) is -1.04. The molecule has 0 aliphatic rings. The van der Waals surface area contributed by atoms with Crippen LogP contribution in [0.2, 0.25) is 0 Å². The summed E-state index contributed by atoms with van der Waals surface area (Å²) in [5, 5.41) is 17.3. The summed E-state index contributed by atoms with van der Waals surface area (Å²) >= 11 is 0. The Bertz CT molecular complexity index is 311. The predicted octanol–water partition coefficient (Wildman–Crippen LogP) is -1.17. The lowest BCUT2D eigenvalue weighted by Gasteiger charge is -2.08. The van der Waals surface area contributed by atoms with Crippen molar-refractivity contribution in [2.24, 2.45) is 5.73 Å². The maximum absolute atomic E-state index is 10.5. The van der Waals surface area contributed by atoms with Crippen LogP contribution in [0.5, 0.6) is 0 Å². The van der Waals surface area contributed by atoms with E-state index in [1.54, 1.807) is 17.1 Å². The van der Waals surface area contributed by atoms with Crippen molar-refractivity contribution in [2.75, 3.05) is 6.61 Å². The fourth-order valence-electron chi connectivity index (χ4n) is 1.14. The summed E-state index contributed by atoms with van der Waals surface area (Å²) in [5.41, 5.74) is 6.09. The number of aliphatic hydroxyl groups excluding tert-OH is 1. The van der Waals surface area contributed by atoms with Crippen molar-refractivity contribution < 1.29 is 15.0 Å². The van der Waals surface area contributed by atoms with Gasteiger partial charge < -0.3 is 20.5 Å². The highest BCUT2D eigenvalue weighted by molar-refractivity contribution is 5.73. The first-order chi connectivity index (χ1) is 6.65. The van der Waals surface area contributed by atoms with Crippen LogP contribution in [0.4, 0.5) is 0 Å². The molecule has 0 aliphatic carbocycles. The second-order valence-corrected chi connectivity index (χ2v) is 2.95. The second kappa shape index (κ2) is 4.73. The van der Waals surface area contributed by atoms with Gasteiger partial charge in [0.1, 0.15) is 6.04 Å². The molecule has 1 aromatic heterocycles. The molecular weight excluding hydrogens is 186 g/mol. The minimum absolute atomic E-state index is 0.00826. The quantitative estimate of drug-likeness (QED) is 0.554. The Balaban J connectivity index is 2.66. The van der Waals surface area contributed by atoms with Crippen LogP contribution in [0, 0.1) is 0 Å².